The Balaban J connectivity index is 1.54. The molecule has 0 heterocycles. The molecule has 0 radical (unpaired) electrons. The van der Waals surface area contributed by atoms with Crippen LogP contribution < -0.4 is 5.32 Å². The van der Waals surface area contributed by atoms with Crippen LogP contribution in [-0.4, -0.2) is 24.0 Å². The van der Waals surface area contributed by atoms with Crippen LogP contribution >= 0.6 is 23.5 Å². The van der Waals surface area contributed by atoms with Crippen molar-refractivity contribution < 1.29 is 9.18 Å². The Morgan fingerprint density at radius 3 is 2.71 bits per heavy atom. The summed E-state index contributed by atoms with van der Waals surface area (Å²) in [7, 11) is 0. The summed E-state index contributed by atoms with van der Waals surface area (Å²) in [6.45, 7) is 2.68. The lowest BCUT2D eigenvalue weighted by molar-refractivity contribution is -0.118. The minimum Gasteiger partial charge on any atom is -0.355 e. The number of rotatable bonds is 9. The summed E-state index contributed by atoms with van der Waals surface area (Å²) in [5.41, 5.74) is 3.19. The molecule has 2 aromatic carbocycles. The second kappa shape index (κ2) is 10.4. The minimum absolute atomic E-state index is 0.0548. The van der Waals surface area contributed by atoms with Crippen LogP contribution in [0.15, 0.2) is 48.5 Å². The molecule has 1 amide bonds. The normalized spacial score (nSPS) is 10.6. The zero-order valence-corrected chi connectivity index (χ0v) is 15.4. The summed E-state index contributed by atoms with van der Waals surface area (Å²) in [4.78, 5) is 11.8. The number of thioether (sulfide) groups is 2. The van der Waals surface area contributed by atoms with E-state index < -0.39 is 0 Å². The Morgan fingerprint density at radius 1 is 1.08 bits per heavy atom. The largest absolute Gasteiger partial charge is 0.355 e. The van der Waals surface area contributed by atoms with Crippen LogP contribution in [0, 0.1) is 12.7 Å². The summed E-state index contributed by atoms with van der Waals surface area (Å²) in [5, 5.41) is 2.91. The quantitative estimate of drug-likeness (QED) is 0.669. The SMILES string of the molecule is Cc1cccc(CSCC(=O)NCCSCc2ccccc2F)c1. The highest BCUT2D eigenvalue weighted by Crippen LogP contribution is 2.15. The van der Waals surface area contributed by atoms with E-state index in [1.54, 1.807) is 35.7 Å². The van der Waals surface area contributed by atoms with E-state index in [0.29, 0.717) is 23.6 Å². The molecule has 0 aromatic heterocycles. The van der Waals surface area contributed by atoms with Crippen LogP contribution in [0.25, 0.3) is 0 Å². The van der Waals surface area contributed by atoms with Crippen molar-refractivity contribution in [2.45, 2.75) is 18.4 Å². The monoisotopic (exact) mass is 363 g/mol. The molecule has 5 heteroatoms. The van der Waals surface area contributed by atoms with Gasteiger partial charge in [0.25, 0.3) is 0 Å². The van der Waals surface area contributed by atoms with Gasteiger partial charge in [0, 0.05) is 23.8 Å². The maximum absolute atomic E-state index is 13.4. The first-order valence-electron chi connectivity index (χ1n) is 7.86. The number of carbonyl (C=O) groups is 1. The van der Waals surface area contributed by atoms with Crippen molar-refractivity contribution in [2.24, 2.45) is 0 Å². The van der Waals surface area contributed by atoms with Crippen LogP contribution in [0.4, 0.5) is 4.39 Å². The molecule has 24 heavy (non-hydrogen) atoms. The van der Waals surface area contributed by atoms with Crippen molar-refractivity contribution >= 4 is 29.4 Å². The number of hydrogen-bond acceptors (Lipinski definition) is 3. The standard InChI is InChI=1S/C19H22FNOS2/c1-15-5-4-6-16(11-15)12-24-14-19(22)21-9-10-23-13-17-7-2-3-8-18(17)20/h2-8,11H,9-10,12-14H2,1H3,(H,21,22). The van der Waals surface area contributed by atoms with Gasteiger partial charge >= 0.3 is 0 Å². The molecule has 2 nitrogen and oxygen atoms in total. The van der Waals surface area contributed by atoms with Gasteiger partial charge in [-0.1, -0.05) is 48.0 Å². The molecule has 0 atom stereocenters. The molecule has 0 saturated heterocycles. The van der Waals surface area contributed by atoms with Gasteiger partial charge < -0.3 is 5.32 Å². The molecular formula is C19H22FNOS2. The van der Waals surface area contributed by atoms with Crippen molar-refractivity contribution in [1.82, 2.24) is 5.32 Å². The fourth-order valence-electron chi connectivity index (χ4n) is 2.17. The second-order valence-electron chi connectivity index (χ2n) is 5.48. The van der Waals surface area contributed by atoms with Crippen molar-refractivity contribution in [2.75, 3.05) is 18.1 Å². The predicted octanol–water partition coefficient (Wildman–Crippen LogP) is 4.42. The summed E-state index contributed by atoms with van der Waals surface area (Å²) in [6, 6.07) is 15.1. The van der Waals surface area contributed by atoms with E-state index in [4.69, 9.17) is 0 Å². The molecule has 1 N–H and O–H groups in total. The van der Waals surface area contributed by atoms with E-state index >= 15 is 0 Å². The number of amides is 1. The number of hydrogen-bond donors (Lipinski definition) is 1. The van der Waals surface area contributed by atoms with Crippen LogP contribution in [0.3, 0.4) is 0 Å². The maximum Gasteiger partial charge on any atom is 0.230 e. The Hall–Kier alpha value is -1.46. The molecule has 0 unspecified atom stereocenters. The Kier molecular flexibility index (Phi) is 8.19. The molecule has 2 rings (SSSR count). The van der Waals surface area contributed by atoms with Gasteiger partial charge in [-0.05, 0) is 24.1 Å². The van der Waals surface area contributed by atoms with Gasteiger partial charge in [-0.25, -0.2) is 4.39 Å². The molecule has 0 fully saturated rings. The highest BCUT2D eigenvalue weighted by Gasteiger charge is 2.03. The average molecular weight is 364 g/mol. The highest BCUT2D eigenvalue weighted by molar-refractivity contribution is 7.99. The first kappa shape index (κ1) is 18.9. The summed E-state index contributed by atoms with van der Waals surface area (Å²) in [6.07, 6.45) is 0. The lowest BCUT2D eigenvalue weighted by atomic mass is 10.2. The van der Waals surface area contributed by atoms with Crippen molar-refractivity contribution in [3.8, 4) is 0 Å². The number of halogens is 1. The molecule has 128 valence electrons. The topological polar surface area (TPSA) is 29.1 Å². The highest BCUT2D eigenvalue weighted by atomic mass is 32.2. The third-order valence-corrected chi connectivity index (χ3v) is 5.38. The molecule has 0 spiro atoms. The molecular weight excluding hydrogens is 341 g/mol. The zero-order valence-electron chi connectivity index (χ0n) is 13.8. The van der Waals surface area contributed by atoms with Crippen molar-refractivity contribution in [1.29, 1.82) is 0 Å². The van der Waals surface area contributed by atoms with Crippen LogP contribution in [0.2, 0.25) is 0 Å². The van der Waals surface area contributed by atoms with Gasteiger partial charge in [-0.2, -0.15) is 11.8 Å². The fourth-order valence-corrected chi connectivity index (χ4v) is 3.82. The van der Waals surface area contributed by atoms with Gasteiger partial charge in [-0.15, -0.1) is 11.8 Å². The van der Waals surface area contributed by atoms with E-state index in [1.807, 2.05) is 12.1 Å². The Labute approximate surface area is 151 Å². The fraction of sp³-hybridized carbons (Fsp3) is 0.316. The number of nitrogens with one attached hydrogen (secondary N) is 1. The lowest BCUT2D eigenvalue weighted by Gasteiger charge is -2.06. The van der Waals surface area contributed by atoms with Crippen LogP contribution in [0.5, 0.6) is 0 Å². The average Bonchev–Trinajstić information content (AvgIpc) is 2.56. The third kappa shape index (κ3) is 6.97. The zero-order chi connectivity index (χ0) is 17.2. The van der Waals surface area contributed by atoms with E-state index in [0.717, 1.165) is 11.5 Å². The molecule has 0 aliphatic rings. The van der Waals surface area contributed by atoms with E-state index in [9.17, 15) is 9.18 Å². The van der Waals surface area contributed by atoms with Crippen molar-refractivity contribution in [3.63, 3.8) is 0 Å². The van der Waals surface area contributed by atoms with Gasteiger partial charge in [0.1, 0.15) is 5.82 Å². The molecule has 0 saturated carbocycles. The molecule has 2 aromatic rings. The maximum atomic E-state index is 13.4. The van der Waals surface area contributed by atoms with Gasteiger partial charge in [0.05, 0.1) is 5.75 Å². The number of carbonyl (C=O) groups excluding carboxylic acids is 1. The van der Waals surface area contributed by atoms with Gasteiger partial charge in [0.2, 0.25) is 5.91 Å². The molecule has 0 aliphatic heterocycles. The first-order chi connectivity index (χ1) is 11.6. The molecule has 0 aliphatic carbocycles. The third-order valence-electron chi connectivity index (χ3n) is 3.37. The second-order valence-corrected chi connectivity index (χ2v) is 7.57. The summed E-state index contributed by atoms with van der Waals surface area (Å²) < 4.78 is 13.4. The van der Waals surface area contributed by atoms with Crippen molar-refractivity contribution in [3.05, 3.63) is 71.0 Å². The first-order valence-corrected chi connectivity index (χ1v) is 10.2. The van der Waals surface area contributed by atoms with Crippen LogP contribution in [0.1, 0.15) is 16.7 Å². The minimum atomic E-state index is -0.165. The van der Waals surface area contributed by atoms with Crippen LogP contribution in [-0.2, 0) is 16.3 Å². The Bertz CT molecular complexity index is 663. The van der Waals surface area contributed by atoms with E-state index in [2.05, 4.69) is 30.4 Å². The number of aryl methyl sites for hydroxylation is 1. The van der Waals surface area contributed by atoms with Gasteiger partial charge in [-0.3, -0.25) is 4.79 Å². The smallest absolute Gasteiger partial charge is 0.230 e. The molecule has 0 bridgehead atoms. The summed E-state index contributed by atoms with van der Waals surface area (Å²) >= 11 is 3.24. The van der Waals surface area contributed by atoms with E-state index in [-0.39, 0.29) is 11.7 Å². The summed E-state index contributed by atoms with van der Waals surface area (Å²) in [5.74, 6) is 2.61. The number of benzene rings is 2. The predicted molar refractivity (Wildman–Crippen MR) is 103 cm³/mol. The lowest BCUT2D eigenvalue weighted by Crippen LogP contribution is -2.27. The van der Waals surface area contributed by atoms with Gasteiger partial charge in [0.15, 0.2) is 0 Å². The Morgan fingerprint density at radius 2 is 1.92 bits per heavy atom. The van der Waals surface area contributed by atoms with E-state index in [1.165, 1.54) is 17.2 Å².